The molecule has 0 fully saturated rings. The fourth-order valence-electron chi connectivity index (χ4n) is 2.23. The SMILES string of the molecule is COc1ccc(Nc2nn(CN(C)Cc3ccc(Cl)s3)c(=S)s2)cc1. The van der Waals surface area contributed by atoms with Gasteiger partial charge in [-0.15, -0.1) is 16.4 Å². The van der Waals surface area contributed by atoms with Gasteiger partial charge in [0.05, 0.1) is 18.1 Å². The van der Waals surface area contributed by atoms with Crippen molar-refractivity contribution in [1.29, 1.82) is 0 Å². The van der Waals surface area contributed by atoms with Crippen LogP contribution in [0.25, 0.3) is 0 Å². The minimum atomic E-state index is 0.620. The Morgan fingerprint density at radius 3 is 2.64 bits per heavy atom. The van der Waals surface area contributed by atoms with Crippen molar-refractivity contribution in [3.63, 3.8) is 0 Å². The number of hydrogen-bond donors (Lipinski definition) is 1. The molecule has 0 aliphatic rings. The summed E-state index contributed by atoms with van der Waals surface area (Å²) in [5, 5.41) is 8.60. The number of halogens is 1. The van der Waals surface area contributed by atoms with Crippen molar-refractivity contribution >= 4 is 57.3 Å². The zero-order valence-corrected chi connectivity index (χ0v) is 16.9. The number of anilines is 2. The Morgan fingerprint density at radius 1 is 1.24 bits per heavy atom. The molecule has 2 aromatic heterocycles. The molecule has 0 aliphatic carbocycles. The highest BCUT2D eigenvalue weighted by Crippen LogP contribution is 2.24. The molecular weight excluding hydrogens is 396 g/mol. The van der Waals surface area contributed by atoms with Crippen molar-refractivity contribution < 1.29 is 4.74 Å². The van der Waals surface area contributed by atoms with Crippen LogP contribution in [-0.4, -0.2) is 28.8 Å². The van der Waals surface area contributed by atoms with Crippen LogP contribution in [0.1, 0.15) is 4.88 Å². The molecule has 0 aliphatic heterocycles. The summed E-state index contributed by atoms with van der Waals surface area (Å²) in [7, 11) is 3.68. The zero-order chi connectivity index (χ0) is 17.8. The van der Waals surface area contributed by atoms with Gasteiger partial charge in [0.1, 0.15) is 5.75 Å². The van der Waals surface area contributed by atoms with Crippen molar-refractivity contribution in [2.45, 2.75) is 13.2 Å². The van der Waals surface area contributed by atoms with E-state index in [2.05, 4.69) is 15.3 Å². The van der Waals surface area contributed by atoms with Crippen molar-refractivity contribution in [3.05, 3.63) is 49.6 Å². The van der Waals surface area contributed by atoms with E-state index in [1.54, 1.807) is 18.4 Å². The predicted octanol–water partition coefficient (Wildman–Crippen LogP) is 5.23. The third-order valence-corrected chi connectivity index (χ3v) is 5.82. The Labute approximate surface area is 164 Å². The lowest BCUT2D eigenvalue weighted by Gasteiger charge is -2.15. The fraction of sp³-hybridized carbons (Fsp3) is 0.250. The lowest BCUT2D eigenvalue weighted by molar-refractivity contribution is 0.247. The monoisotopic (exact) mass is 412 g/mol. The van der Waals surface area contributed by atoms with Crippen molar-refractivity contribution in [2.75, 3.05) is 19.5 Å². The van der Waals surface area contributed by atoms with E-state index in [9.17, 15) is 0 Å². The van der Waals surface area contributed by atoms with Crippen molar-refractivity contribution in [1.82, 2.24) is 14.7 Å². The lowest BCUT2D eigenvalue weighted by Crippen LogP contribution is -2.22. The van der Waals surface area contributed by atoms with Gasteiger partial charge in [-0.3, -0.25) is 4.90 Å². The number of rotatable bonds is 7. The van der Waals surface area contributed by atoms with Gasteiger partial charge in [-0.25, -0.2) is 4.68 Å². The highest BCUT2D eigenvalue weighted by molar-refractivity contribution is 7.73. The van der Waals surface area contributed by atoms with Gasteiger partial charge in [0, 0.05) is 17.1 Å². The van der Waals surface area contributed by atoms with Gasteiger partial charge in [-0.05, 0) is 55.7 Å². The minimum Gasteiger partial charge on any atom is -0.497 e. The first-order valence-electron chi connectivity index (χ1n) is 7.45. The zero-order valence-electron chi connectivity index (χ0n) is 13.7. The van der Waals surface area contributed by atoms with Crippen LogP contribution in [-0.2, 0) is 13.2 Å². The maximum atomic E-state index is 5.98. The molecule has 0 amide bonds. The molecule has 25 heavy (non-hydrogen) atoms. The number of nitrogens with zero attached hydrogens (tertiary/aromatic N) is 3. The normalized spacial score (nSPS) is 11.0. The molecule has 9 heteroatoms. The van der Waals surface area contributed by atoms with E-state index in [0.717, 1.165) is 31.4 Å². The largest absolute Gasteiger partial charge is 0.497 e. The molecule has 1 N–H and O–H groups in total. The Morgan fingerprint density at radius 2 is 2.00 bits per heavy atom. The number of hydrogen-bond acceptors (Lipinski definition) is 7. The number of ether oxygens (including phenoxy) is 1. The second-order valence-corrected chi connectivity index (χ2v) is 8.81. The molecule has 0 unspecified atom stereocenters. The molecular formula is C16H17ClN4OS3. The molecule has 0 radical (unpaired) electrons. The summed E-state index contributed by atoms with van der Waals surface area (Å²) in [6.45, 7) is 1.42. The Balaban J connectivity index is 1.64. The summed E-state index contributed by atoms with van der Waals surface area (Å²) in [6, 6.07) is 11.7. The molecule has 0 spiro atoms. The minimum absolute atomic E-state index is 0.620. The Kier molecular flexibility index (Phi) is 6.08. The summed E-state index contributed by atoms with van der Waals surface area (Å²) >= 11 is 14.4. The molecule has 3 rings (SSSR count). The van der Waals surface area contributed by atoms with E-state index in [1.165, 1.54) is 16.2 Å². The molecule has 0 saturated heterocycles. The van der Waals surface area contributed by atoms with Gasteiger partial charge in [0.15, 0.2) is 3.95 Å². The maximum Gasteiger partial charge on any atom is 0.209 e. The number of benzene rings is 1. The number of thiophene rings is 1. The third kappa shape index (κ3) is 5.02. The van der Waals surface area contributed by atoms with Crippen LogP contribution in [0.3, 0.4) is 0 Å². The van der Waals surface area contributed by atoms with E-state index in [0.29, 0.717) is 6.67 Å². The Bertz CT molecular complexity index is 887. The van der Waals surface area contributed by atoms with E-state index in [1.807, 2.05) is 48.1 Å². The summed E-state index contributed by atoms with van der Waals surface area (Å²) in [5.41, 5.74) is 0.943. The van der Waals surface area contributed by atoms with E-state index < -0.39 is 0 Å². The number of aromatic nitrogens is 2. The summed E-state index contributed by atoms with van der Waals surface area (Å²) in [4.78, 5) is 3.36. The van der Waals surface area contributed by atoms with Crippen LogP contribution in [0, 0.1) is 3.95 Å². The summed E-state index contributed by atoms with van der Waals surface area (Å²) in [6.07, 6.45) is 0. The molecule has 1 aromatic carbocycles. The fourth-order valence-corrected chi connectivity index (χ4v) is 4.41. The maximum absolute atomic E-state index is 5.98. The first-order valence-corrected chi connectivity index (χ1v) is 9.87. The standard InChI is InChI=1S/C16H17ClN4OS3/c1-20(9-13-7-8-14(17)24-13)10-21-16(23)25-15(19-21)18-11-3-5-12(22-2)6-4-11/h3-8H,9-10H2,1-2H3,(H,18,19). The average Bonchev–Trinajstić information content (AvgIpc) is 3.14. The van der Waals surface area contributed by atoms with Crippen molar-refractivity contribution in [2.24, 2.45) is 0 Å². The lowest BCUT2D eigenvalue weighted by atomic mass is 10.3. The molecule has 3 aromatic rings. The first-order chi connectivity index (χ1) is 12.0. The van der Waals surface area contributed by atoms with Gasteiger partial charge in [-0.2, -0.15) is 0 Å². The quantitative estimate of drug-likeness (QED) is 0.538. The molecule has 132 valence electrons. The van der Waals surface area contributed by atoms with Gasteiger partial charge in [0.25, 0.3) is 0 Å². The highest BCUT2D eigenvalue weighted by atomic mass is 35.5. The van der Waals surface area contributed by atoms with Crippen molar-refractivity contribution in [3.8, 4) is 5.75 Å². The molecule has 2 heterocycles. The average molecular weight is 413 g/mol. The molecule has 0 saturated carbocycles. The summed E-state index contributed by atoms with van der Waals surface area (Å²) in [5.74, 6) is 0.819. The van der Waals surface area contributed by atoms with E-state index >= 15 is 0 Å². The first kappa shape index (κ1) is 18.3. The highest BCUT2D eigenvalue weighted by Gasteiger charge is 2.08. The second-order valence-electron chi connectivity index (χ2n) is 5.39. The van der Waals surface area contributed by atoms with E-state index in [4.69, 9.17) is 28.6 Å². The van der Waals surface area contributed by atoms with Crippen LogP contribution in [0.15, 0.2) is 36.4 Å². The predicted molar refractivity (Wildman–Crippen MR) is 108 cm³/mol. The van der Waals surface area contributed by atoms with E-state index in [-0.39, 0.29) is 0 Å². The third-order valence-electron chi connectivity index (χ3n) is 3.38. The number of methoxy groups -OCH3 is 1. The van der Waals surface area contributed by atoms with Crippen LogP contribution in [0.4, 0.5) is 10.8 Å². The Hall–Kier alpha value is -1.45. The second kappa shape index (κ2) is 8.29. The smallest absolute Gasteiger partial charge is 0.209 e. The van der Waals surface area contributed by atoms with Crippen LogP contribution < -0.4 is 10.1 Å². The van der Waals surface area contributed by atoms with Gasteiger partial charge >= 0.3 is 0 Å². The number of nitrogens with one attached hydrogen (secondary N) is 1. The van der Waals surface area contributed by atoms with Crippen LogP contribution >= 0.6 is 46.5 Å². The summed E-state index contributed by atoms with van der Waals surface area (Å²) < 4.78 is 8.52. The van der Waals surface area contributed by atoms with Gasteiger partial charge in [-0.1, -0.05) is 22.9 Å². The van der Waals surface area contributed by atoms with Crippen LogP contribution in [0.2, 0.25) is 4.34 Å². The van der Waals surface area contributed by atoms with Crippen LogP contribution in [0.5, 0.6) is 5.75 Å². The molecule has 0 atom stereocenters. The molecule has 0 bridgehead atoms. The molecule has 5 nitrogen and oxygen atoms in total. The topological polar surface area (TPSA) is 42.3 Å². The van der Waals surface area contributed by atoms with Gasteiger partial charge in [0.2, 0.25) is 5.13 Å². The van der Waals surface area contributed by atoms with Gasteiger partial charge < -0.3 is 10.1 Å².